The lowest BCUT2D eigenvalue weighted by Crippen LogP contribution is -2.47. The highest BCUT2D eigenvalue weighted by Crippen LogP contribution is 2.26. The SMILES string of the molecule is CS(=O)(=O)c1ccc(S(=O)(=O)N2CCCCC2CN)cc1F. The summed E-state index contributed by atoms with van der Waals surface area (Å²) in [6.45, 7) is 0.531. The van der Waals surface area contributed by atoms with Crippen LogP contribution >= 0.6 is 0 Å². The lowest BCUT2D eigenvalue weighted by atomic mass is 10.1. The Bertz CT molecular complexity index is 762. The van der Waals surface area contributed by atoms with Crippen molar-refractivity contribution in [3.63, 3.8) is 0 Å². The van der Waals surface area contributed by atoms with E-state index in [2.05, 4.69) is 0 Å². The number of hydrogen-bond acceptors (Lipinski definition) is 5. The zero-order chi connectivity index (χ0) is 16.5. The van der Waals surface area contributed by atoms with E-state index in [1.54, 1.807) is 0 Å². The minimum Gasteiger partial charge on any atom is -0.329 e. The average molecular weight is 350 g/mol. The van der Waals surface area contributed by atoms with Crippen molar-refractivity contribution in [3.05, 3.63) is 24.0 Å². The van der Waals surface area contributed by atoms with Gasteiger partial charge in [0, 0.05) is 25.4 Å². The van der Waals surface area contributed by atoms with Gasteiger partial charge in [0.1, 0.15) is 10.7 Å². The molecule has 1 heterocycles. The molecule has 1 aliphatic heterocycles. The Balaban J connectivity index is 2.44. The third-order valence-electron chi connectivity index (χ3n) is 3.75. The van der Waals surface area contributed by atoms with Gasteiger partial charge in [0.25, 0.3) is 0 Å². The van der Waals surface area contributed by atoms with Crippen molar-refractivity contribution in [2.24, 2.45) is 5.73 Å². The predicted molar refractivity (Wildman–Crippen MR) is 80.1 cm³/mol. The van der Waals surface area contributed by atoms with Gasteiger partial charge in [-0.25, -0.2) is 21.2 Å². The number of piperidine rings is 1. The second-order valence-electron chi connectivity index (χ2n) is 5.37. The molecule has 0 amide bonds. The molecular weight excluding hydrogens is 331 g/mol. The van der Waals surface area contributed by atoms with Crippen LogP contribution in [0.25, 0.3) is 0 Å². The topological polar surface area (TPSA) is 97.5 Å². The fourth-order valence-corrected chi connectivity index (χ4v) is 5.05. The fourth-order valence-electron chi connectivity index (χ4n) is 2.60. The molecule has 0 spiro atoms. The molecule has 22 heavy (non-hydrogen) atoms. The van der Waals surface area contributed by atoms with Crippen LogP contribution in [-0.4, -0.2) is 46.5 Å². The number of hydrogen-bond donors (Lipinski definition) is 1. The Morgan fingerprint density at radius 3 is 2.50 bits per heavy atom. The van der Waals surface area contributed by atoms with Crippen LogP contribution in [0.5, 0.6) is 0 Å². The van der Waals surface area contributed by atoms with Crippen molar-refractivity contribution >= 4 is 19.9 Å². The molecule has 0 aliphatic carbocycles. The zero-order valence-corrected chi connectivity index (χ0v) is 13.8. The minimum absolute atomic E-state index is 0.198. The zero-order valence-electron chi connectivity index (χ0n) is 12.2. The van der Waals surface area contributed by atoms with Crippen LogP contribution in [0.1, 0.15) is 19.3 Å². The molecular formula is C13H19FN2O4S2. The lowest BCUT2D eigenvalue weighted by molar-refractivity contribution is 0.257. The summed E-state index contributed by atoms with van der Waals surface area (Å²) in [5.74, 6) is -1.06. The van der Waals surface area contributed by atoms with Gasteiger partial charge in [0.15, 0.2) is 9.84 Å². The van der Waals surface area contributed by atoms with E-state index < -0.39 is 30.6 Å². The third kappa shape index (κ3) is 3.32. The summed E-state index contributed by atoms with van der Waals surface area (Å²) in [4.78, 5) is -0.766. The standard InChI is InChI=1S/C13H19FN2O4S2/c1-21(17,18)13-6-5-11(8-12(13)14)22(19,20)16-7-3-2-4-10(16)9-15/h5-6,8,10H,2-4,7,9,15H2,1H3. The lowest BCUT2D eigenvalue weighted by Gasteiger charge is -2.33. The Kier molecular flexibility index (Phi) is 4.90. The Morgan fingerprint density at radius 2 is 1.95 bits per heavy atom. The summed E-state index contributed by atoms with van der Waals surface area (Å²) < 4.78 is 63.3. The van der Waals surface area contributed by atoms with Gasteiger partial charge >= 0.3 is 0 Å². The van der Waals surface area contributed by atoms with Crippen molar-refractivity contribution in [1.82, 2.24) is 4.31 Å². The maximum absolute atomic E-state index is 13.9. The molecule has 0 aromatic heterocycles. The molecule has 1 saturated heterocycles. The van der Waals surface area contributed by atoms with Gasteiger partial charge in [-0.1, -0.05) is 6.42 Å². The molecule has 1 fully saturated rings. The Morgan fingerprint density at radius 1 is 1.27 bits per heavy atom. The second-order valence-corrected chi connectivity index (χ2v) is 9.24. The van der Waals surface area contributed by atoms with Crippen molar-refractivity contribution < 1.29 is 21.2 Å². The summed E-state index contributed by atoms with van der Waals surface area (Å²) in [6.07, 6.45) is 3.16. The molecule has 124 valence electrons. The van der Waals surface area contributed by atoms with Gasteiger partial charge < -0.3 is 5.73 Å². The molecule has 0 radical (unpaired) electrons. The van der Waals surface area contributed by atoms with Crippen LogP contribution in [0.2, 0.25) is 0 Å². The van der Waals surface area contributed by atoms with E-state index in [-0.39, 0.29) is 17.5 Å². The molecule has 1 unspecified atom stereocenters. The molecule has 9 heteroatoms. The quantitative estimate of drug-likeness (QED) is 0.863. The van der Waals surface area contributed by atoms with Crippen molar-refractivity contribution in [2.45, 2.75) is 35.1 Å². The first-order valence-corrected chi connectivity index (χ1v) is 10.2. The average Bonchev–Trinajstić information content (AvgIpc) is 2.45. The molecule has 0 saturated carbocycles. The van der Waals surface area contributed by atoms with Crippen molar-refractivity contribution in [2.75, 3.05) is 19.3 Å². The van der Waals surface area contributed by atoms with E-state index >= 15 is 0 Å². The number of rotatable bonds is 4. The van der Waals surface area contributed by atoms with Gasteiger partial charge in [-0.3, -0.25) is 0 Å². The van der Waals surface area contributed by atoms with Gasteiger partial charge in [-0.05, 0) is 31.0 Å². The van der Waals surface area contributed by atoms with Gasteiger partial charge in [0.2, 0.25) is 10.0 Å². The normalized spacial score (nSPS) is 21.0. The van der Waals surface area contributed by atoms with E-state index in [4.69, 9.17) is 5.73 Å². The first-order chi connectivity index (χ1) is 10.2. The van der Waals surface area contributed by atoms with Crippen molar-refractivity contribution in [1.29, 1.82) is 0 Å². The van der Waals surface area contributed by atoms with Crippen molar-refractivity contribution in [3.8, 4) is 0 Å². The number of nitrogens with two attached hydrogens (primary N) is 1. The first-order valence-electron chi connectivity index (χ1n) is 6.89. The van der Waals surface area contributed by atoms with E-state index in [1.165, 1.54) is 4.31 Å². The molecule has 0 bridgehead atoms. The van der Waals surface area contributed by atoms with Crippen LogP contribution in [0, 0.1) is 5.82 Å². The van der Waals surface area contributed by atoms with Gasteiger partial charge in [-0.2, -0.15) is 4.31 Å². The van der Waals surface area contributed by atoms with E-state index in [1.807, 2.05) is 0 Å². The smallest absolute Gasteiger partial charge is 0.243 e. The molecule has 2 rings (SSSR count). The van der Waals surface area contributed by atoms with E-state index in [9.17, 15) is 21.2 Å². The highest BCUT2D eigenvalue weighted by Gasteiger charge is 2.33. The summed E-state index contributed by atoms with van der Waals surface area (Å²) in [5.41, 5.74) is 5.62. The number of benzene rings is 1. The second kappa shape index (κ2) is 6.23. The Labute approximate surface area is 130 Å². The summed E-state index contributed by atoms with van der Waals surface area (Å²) in [6, 6.07) is 2.56. The molecule has 6 nitrogen and oxygen atoms in total. The molecule has 1 aromatic carbocycles. The van der Waals surface area contributed by atoms with E-state index in [0.717, 1.165) is 37.3 Å². The van der Waals surface area contributed by atoms with Gasteiger partial charge in [-0.15, -0.1) is 0 Å². The molecule has 1 aliphatic rings. The monoisotopic (exact) mass is 350 g/mol. The van der Waals surface area contributed by atoms with Crippen LogP contribution in [-0.2, 0) is 19.9 Å². The van der Waals surface area contributed by atoms with Gasteiger partial charge in [0.05, 0.1) is 4.90 Å². The number of nitrogens with zero attached hydrogens (tertiary/aromatic N) is 1. The van der Waals surface area contributed by atoms with Crippen LogP contribution in [0.4, 0.5) is 4.39 Å². The van der Waals surface area contributed by atoms with E-state index in [0.29, 0.717) is 13.0 Å². The summed E-state index contributed by atoms with van der Waals surface area (Å²) in [7, 11) is -7.63. The highest BCUT2D eigenvalue weighted by atomic mass is 32.2. The summed E-state index contributed by atoms with van der Waals surface area (Å²) >= 11 is 0. The Hall–Kier alpha value is -1.03. The minimum atomic E-state index is -3.89. The largest absolute Gasteiger partial charge is 0.329 e. The molecule has 1 atom stereocenters. The summed E-state index contributed by atoms with van der Waals surface area (Å²) in [5, 5.41) is 0. The van der Waals surface area contributed by atoms with Crippen LogP contribution < -0.4 is 5.73 Å². The maximum atomic E-state index is 13.9. The number of sulfonamides is 1. The van der Waals surface area contributed by atoms with Crippen LogP contribution in [0.3, 0.4) is 0 Å². The predicted octanol–water partition coefficient (Wildman–Crippen LogP) is 0.731. The number of sulfone groups is 1. The first kappa shape index (κ1) is 17.3. The molecule has 1 aromatic rings. The van der Waals surface area contributed by atoms with Crippen LogP contribution in [0.15, 0.2) is 28.0 Å². The number of halogens is 1. The fraction of sp³-hybridized carbons (Fsp3) is 0.538. The highest BCUT2D eigenvalue weighted by molar-refractivity contribution is 7.90. The third-order valence-corrected chi connectivity index (χ3v) is 6.83. The molecule has 2 N–H and O–H groups in total. The maximum Gasteiger partial charge on any atom is 0.243 e.